The van der Waals surface area contributed by atoms with Crippen LogP contribution in [0.4, 0.5) is 4.39 Å². The van der Waals surface area contributed by atoms with E-state index in [1.807, 2.05) is 13.8 Å². The molecular formula is C23H31FN4O5S. The van der Waals surface area contributed by atoms with E-state index in [2.05, 4.69) is 9.97 Å². The molecule has 1 amide bonds. The van der Waals surface area contributed by atoms with Crippen LogP contribution < -0.4 is 15.2 Å². The summed E-state index contributed by atoms with van der Waals surface area (Å²) in [6, 6.07) is 3.41. The van der Waals surface area contributed by atoms with Crippen LogP contribution in [-0.2, 0) is 14.6 Å². The van der Waals surface area contributed by atoms with Crippen LogP contribution in [0.15, 0.2) is 29.4 Å². The summed E-state index contributed by atoms with van der Waals surface area (Å²) in [5.41, 5.74) is 5.78. The number of nitrogens with zero attached hydrogens (tertiary/aromatic N) is 3. The van der Waals surface area contributed by atoms with Crippen molar-refractivity contribution in [2.24, 2.45) is 11.7 Å². The molecule has 0 saturated carbocycles. The van der Waals surface area contributed by atoms with Gasteiger partial charge in [-0.15, -0.1) is 0 Å². The highest BCUT2D eigenvalue weighted by Gasteiger charge is 2.37. The molecule has 1 aromatic heterocycles. The number of nitrogens with two attached hydrogens (primary N) is 1. The Bertz CT molecular complexity index is 1160. The standard InChI is InChI=1S/C23H31FN4O5S/c1-14(2)23(4,25)22(29)28-10-8-16(9-11-28)32-20-15(3)21(27-13-26-20)33-19-7-6-17(12-18(19)24)34(5,30)31/h6-7,12-14,16H,8-11,25H2,1-5H3/t23-/m1/s1. The molecule has 1 saturated heterocycles. The number of likely N-dealkylation sites (tertiary alicyclic amines) is 1. The van der Waals surface area contributed by atoms with Crippen LogP contribution in [0.5, 0.6) is 17.5 Å². The van der Waals surface area contributed by atoms with Gasteiger partial charge in [-0.05, 0) is 38.0 Å². The lowest BCUT2D eigenvalue weighted by atomic mass is 9.87. The van der Waals surface area contributed by atoms with Crippen molar-refractivity contribution in [1.29, 1.82) is 0 Å². The maximum atomic E-state index is 14.4. The Morgan fingerprint density at radius 1 is 1.24 bits per heavy atom. The number of ether oxygens (including phenoxy) is 2. The summed E-state index contributed by atoms with van der Waals surface area (Å²) in [7, 11) is -3.54. The molecule has 2 aromatic rings. The maximum absolute atomic E-state index is 14.4. The van der Waals surface area contributed by atoms with Crippen molar-refractivity contribution in [3.8, 4) is 17.5 Å². The van der Waals surface area contributed by atoms with E-state index in [-0.39, 0.29) is 34.5 Å². The number of sulfone groups is 1. The Kier molecular flexibility index (Phi) is 7.47. The number of rotatable bonds is 7. The number of aromatic nitrogens is 2. The van der Waals surface area contributed by atoms with Gasteiger partial charge in [0.15, 0.2) is 21.4 Å². The van der Waals surface area contributed by atoms with Gasteiger partial charge in [0.25, 0.3) is 0 Å². The van der Waals surface area contributed by atoms with Crippen LogP contribution in [0, 0.1) is 18.7 Å². The van der Waals surface area contributed by atoms with Crippen LogP contribution in [0.1, 0.15) is 39.2 Å². The second-order valence-corrected chi connectivity index (χ2v) is 11.1. The van der Waals surface area contributed by atoms with Gasteiger partial charge in [-0.3, -0.25) is 4.79 Å². The first kappa shape index (κ1) is 25.8. The first-order chi connectivity index (χ1) is 15.8. The molecule has 1 aliphatic heterocycles. The minimum absolute atomic E-state index is 0.0171. The highest BCUT2D eigenvalue weighted by molar-refractivity contribution is 7.90. The molecule has 0 aliphatic carbocycles. The van der Waals surface area contributed by atoms with Crippen LogP contribution >= 0.6 is 0 Å². The van der Waals surface area contributed by atoms with Crippen molar-refractivity contribution in [3.63, 3.8) is 0 Å². The molecule has 9 nitrogen and oxygen atoms in total. The average Bonchev–Trinajstić information content (AvgIpc) is 2.77. The molecule has 1 aliphatic rings. The zero-order valence-corrected chi connectivity index (χ0v) is 20.9. The largest absolute Gasteiger partial charge is 0.474 e. The molecule has 0 spiro atoms. The average molecular weight is 495 g/mol. The molecule has 2 heterocycles. The fraction of sp³-hybridized carbons (Fsp3) is 0.522. The molecule has 0 bridgehead atoms. The van der Waals surface area contributed by atoms with Gasteiger partial charge >= 0.3 is 0 Å². The van der Waals surface area contributed by atoms with Crippen LogP contribution in [0.2, 0.25) is 0 Å². The third kappa shape index (κ3) is 5.64. The summed E-state index contributed by atoms with van der Waals surface area (Å²) in [6.07, 6.45) is 3.31. The topological polar surface area (TPSA) is 125 Å². The van der Waals surface area contributed by atoms with Gasteiger partial charge < -0.3 is 20.1 Å². The van der Waals surface area contributed by atoms with E-state index in [9.17, 15) is 17.6 Å². The zero-order valence-electron chi connectivity index (χ0n) is 20.0. The second-order valence-electron chi connectivity index (χ2n) is 9.12. The normalized spacial score (nSPS) is 16.9. The Hall–Kier alpha value is -2.79. The van der Waals surface area contributed by atoms with E-state index < -0.39 is 21.2 Å². The summed E-state index contributed by atoms with van der Waals surface area (Å²) >= 11 is 0. The molecule has 1 atom stereocenters. The Morgan fingerprint density at radius 3 is 2.41 bits per heavy atom. The lowest BCUT2D eigenvalue weighted by molar-refractivity contribution is -0.139. The van der Waals surface area contributed by atoms with Crippen molar-refractivity contribution in [2.75, 3.05) is 19.3 Å². The highest BCUT2D eigenvalue weighted by Crippen LogP contribution is 2.31. The Morgan fingerprint density at radius 2 is 1.85 bits per heavy atom. The third-order valence-corrected chi connectivity index (χ3v) is 7.31. The number of piperidine rings is 1. The quantitative estimate of drug-likeness (QED) is 0.623. The molecule has 1 aromatic carbocycles. The van der Waals surface area contributed by atoms with Crippen molar-refractivity contribution in [2.45, 2.75) is 57.1 Å². The molecule has 2 N–H and O–H groups in total. The minimum atomic E-state index is -3.54. The fourth-order valence-corrected chi connectivity index (χ4v) is 4.09. The third-order valence-electron chi connectivity index (χ3n) is 6.20. The summed E-state index contributed by atoms with van der Waals surface area (Å²) in [6.45, 7) is 8.34. The molecule has 3 rings (SSSR count). The van der Waals surface area contributed by atoms with E-state index in [4.69, 9.17) is 15.2 Å². The molecule has 186 valence electrons. The van der Waals surface area contributed by atoms with E-state index in [0.717, 1.165) is 12.3 Å². The monoisotopic (exact) mass is 494 g/mol. The number of halogens is 1. The SMILES string of the molecule is Cc1c(Oc2ccc(S(C)(=O)=O)cc2F)ncnc1OC1CCN(C(=O)[C@](C)(N)C(C)C)CC1. The van der Waals surface area contributed by atoms with Crippen LogP contribution in [0.3, 0.4) is 0 Å². The van der Waals surface area contributed by atoms with Gasteiger partial charge in [0, 0.05) is 32.2 Å². The zero-order chi connectivity index (χ0) is 25.3. The maximum Gasteiger partial charge on any atom is 0.242 e. The summed E-state index contributed by atoms with van der Waals surface area (Å²) in [4.78, 5) is 22.6. The van der Waals surface area contributed by atoms with Gasteiger partial charge in [0.1, 0.15) is 12.4 Å². The van der Waals surface area contributed by atoms with Crippen molar-refractivity contribution in [3.05, 3.63) is 35.9 Å². The first-order valence-corrected chi connectivity index (χ1v) is 12.9. The molecule has 11 heteroatoms. The number of hydrogen-bond donors (Lipinski definition) is 1. The smallest absolute Gasteiger partial charge is 0.242 e. The lowest BCUT2D eigenvalue weighted by Crippen LogP contribution is -2.58. The van der Waals surface area contributed by atoms with Gasteiger partial charge in [-0.25, -0.2) is 22.8 Å². The van der Waals surface area contributed by atoms with Crippen molar-refractivity contribution < 1.29 is 27.1 Å². The number of hydrogen-bond acceptors (Lipinski definition) is 8. The molecule has 1 fully saturated rings. The molecule has 34 heavy (non-hydrogen) atoms. The second kappa shape index (κ2) is 9.83. The lowest BCUT2D eigenvalue weighted by Gasteiger charge is -2.38. The van der Waals surface area contributed by atoms with E-state index in [1.165, 1.54) is 18.5 Å². The van der Waals surface area contributed by atoms with E-state index in [1.54, 1.807) is 18.7 Å². The van der Waals surface area contributed by atoms with Gasteiger partial charge in [-0.1, -0.05) is 13.8 Å². The predicted octanol–water partition coefficient (Wildman–Crippen LogP) is 2.86. The van der Waals surface area contributed by atoms with Gasteiger partial charge in [0.2, 0.25) is 17.7 Å². The van der Waals surface area contributed by atoms with Crippen LogP contribution in [-0.4, -0.2) is 60.2 Å². The predicted molar refractivity (Wildman–Crippen MR) is 124 cm³/mol. The minimum Gasteiger partial charge on any atom is -0.474 e. The van der Waals surface area contributed by atoms with Crippen molar-refractivity contribution in [1.82, 2.24) is 14.9 Å². The number of carbonyl (C=O) groups excluding carboxylic acids is 1. The highest BCUT2D eigenvalue weighted by atomic mass is 32.2. The Balaban J connectivity index is 1.67. The fourth-order valence-electron chi connectivity index (χ4n) is 3.46. The van der Waals surface area contributed by atoms with Crippen LogP contribution in [0.25, 0.3) is 0 Å². The summed E-state index contributed by atoms with van der Waals surface area (Å²) in [5.74, 6) is -0.647. The summed E-state index contributed by atoms with van der Waals surface area (Å²) in [5, 5.41) is 0. The van der Waals surface area contributed by atoms with E-state index in [0.29, 0.717) is 37.4 Å². The number of benzene rings is 1. The number of carbonyl (C=O) groups is 1. The number of amides is 1. The summed E-state index contributed by atoms with van der Waals surface area (Å²) < 4.78 is 49.2. The van der Waals surface area contributed by atoms with Gasteiger partial charge in [0.05, 0.1) is 16.0 Å². The first-order valence-electron chi connectivity index (χ1n) is 11.0. The molecule has 0 unspecified atom stereocenters. The van der Waals surface area contributed by atoms with Crippen molar-refractivity contribution >= 4 is 15.7 Å². The Labute approximate surface area is 199 Å². The van der Waals surface area contributed by atoms with Gasteiger partial charge in [-0.2, -0.15) is 0 Å². The molecule has 0 radical (unpaired) electrons. The molecular weight excluding hydrogens is 463 g/mol. The van der Waals surface area contributed by atoms with E-state index >= 15 is 0 Å².